The van der Waals surface area contributed by atoms with Crippen LogP contribution in [-0.2, 0) is 6.42 Å². The first-order valence-electron chi connectivity index (χ1n) is 5.81. The molecule has 2 aromatic rings. The Hall–Kier alpha value is -2.30. The molecule has 0 atom stereocenters. The fraction of sp³-hybridized carbons (Fsp3) is 0.231. The number of hydrogen-bond donors (Lipinski definition) is 3. The molecule has 0 radical (unpaired) electrons. The van der Waals surface area contributed by atoms with Crippen LogP contribution in [0.2, 0.25) is 0 Å². The highest BCUT2D eigenvalue weighted by atomic mass is 16.1. The van der Waals surface area contributed by atoms with Crippen molar-refractivity contribution >= 4 is 17.2 Å². The molecule has 94 valence electrons. The van der Waals surface area contributed by atoms with Gasteiger partial charge >= 0.3 is 0 Å². The van der Waals surface area contributed by atoms with Crippen LogP contribution in [0.15, 0.2) is 30.7 Å². The molecular weight excluding hydrogens is 228 g/mol. The van der Waals surface area contributed by atoms with E-state index in [0.717, 1.165) is 18.5 Å². The van der Waals surface area contributed by atoms with Crippen LogP contribution in [0.1, 0.15) is 28.9 Å². The third-order valence-electron chi connectivity index (χ3n) is 2.70. The van der Waals surface area contributed by atoms with Crippen molar-refractivity contribution in [3.05, 3.63) is 42.0 Å². The predicted molar refractivity (Wildman–Crippen MR) is 71.1 cm³/mol. The molecule has 1 aromatic heterocycles. The molecule has 0 bridgehead atoms. The summed E-state index contributed by atoms with van der Waals surface area (Å²) in [7, 11) is 0. The van der Waals surface area contributed by atoms with Gasteiger partial charge in [0.2, 0.25) is 0 Å². The molecule has 5 nitrogen and oxygen atoms in total. The number of nitrogens with one attached hydrogen (secondary N) is 1. The minimum absolute atomic E-state index is 0.0634. The number of imidazole rings is 1. The Labute approximate surface area is 105 Å². The highest BCUT2D eigenvalue weighted by Crippen LogP contribution is 2.16. The number of nitrogen functional groups attached to an aromatic ring is 2. The Bertz CT molecular complexity index is 514. The normalized spacial score (nSPS) is 10.4. The fourth-order valence-electron chi connectivity index (χ4n) is 1.84. The van der Waals surface area contributed by atoms with Crippen molar-refractivity contribution in [2.75, 3.05) is 11.5 Å². The average Bonchev–Trinajstić information content (AvgIpc) is 2.80. The molecule has 5 N–H and O–H groups in total. The molecule has 0 amide bonds. The highest BCUT2D eigenvalue weighted by molar-refractivity contribution is 5.97. The number of Topliss-reactive ketones (excluding diaryl/α,β-unsaturated/α-hetero) is 1. The predicted octanol–water partition coefficient (Wildman–Crippen LogP) is 1.78. The second-order valence-electron chi connectivity index (χ2n) is 4.24. The van der Waals surface area contributed by atoms with Gasteiger partial charge in [-0.05, 0) is 31.0 Å². The number of ketones is 1. The second kappa shape index (κ2) is 5.35. The van der Waals surface area contributed by atoms with Gasteiger partial charge in [0.25, 0.3) is 0 Å². The molecule has 1 aromatic carbocycles. The van der Waals surface area contributed by atoms with Crippen LogP contribution in [0.5, 0.6) is 0 Å². The highest BCUT2D eigenvalue weighted by Gasteiger charge is 2.07. The number of nitrogens with zero attached hydrogens (tertiary/aromatic N) is 1. The maximum Gasteiger partial charge on any atom is 0.163 e. The summed E-state index contributed by atoms with van der Waals surface area (Å²) in [5, 5.41) is 0. The minimum Gasteiger partial charge on any atom is -0.399 e. The minimum atomic E-state index is 0.0634. The quantitative estimate of drug-likeness (QED) is 0.551. The van der Waals surface area contributed by atoms with E-state index in [0.29, 0.717) is 23.4 Å². The number of H-pyrrole nitrogens is 1. The zero-order valence-corrected chi connectivity index (χ0v) is 10.0. The van der Waals surface area contributed by atoms with Gasteiger partial charge < -0.3 is 16.5 Å². The zero-order valence-electron chi connectivity index (χ0n) is 10.0. The van der Waals surface area contributed by atoms with Crippen LogP contribution in [0.25, 0.3) is 0 Å². The Morgan fingerprint density at radius 2 is 1.94 bits per heavy atom. The zero-order chi connectivity index (χ0) is 13.0. The first-order chi connectivity index (χ1) is 8.65. The monoisotopic (exact) mass is 244 g/mol. The number of carbonyl (C=O) groups excluding carboxylic acids is 1. The van der Waals surface area contributed by atoms with Crippen LogP contribution in [0.4, 0.5) is 11.4 Å². The summed E-state index contributed by atoms with van der Waals surface area (Å²) >= 11 is 0. The summed E-state index contributed by atoms with van der Waals surface area (Å²) in [5.74, 6) is 0.0634. The van der Waals surface area contributed by atoms with Crippen molar-refractivity contribution in [2.45, 2.75) is 19.3 Å². The molecule has 2 rings (SSSR count). The molecule has 5 heteroatoms. The van der Waals surface area contributed by atoms with Crippen molar-refractivity contribution in [3.63, 3.8) is 0 Å². The Balaban J connectivity index is 1.91. The van der Waals surface area contributed by atoms with Gasteiger partial charge in [0.05, 0.1) is 6.33 Å². The lowest BCUT2D eigenvalue weighted by Crippen LogP contribution is -2.02. The first kappa shape index (κ1) is 12.2. The lowest BCUT2D eigenvalue weighted by molar-refractivity contribution is 0.0980. The molecule has 0 saturated heterocycles. The third kappa shape index (κ3) is 3.10. The Morgan fingerprint density at radius 3 is 2.56 bits per heavy atom. The molecule has 0 fully saturated rings. The lowest BCUT2D eigenvalue weighted by Gasteiger charge is -2.04. The average molecular weight is 244 g/mol. The topological polar surface area (TPSA) is 97.8 Å². The van der Waals surface area contributed by atoms with Gasteiger partial charge in [0.1, 0.15) is 0 Å². The number of benzene rings is 1. The fourth-order valence-corrected chi connectivity index (χ4v) is 1.84. The summed E-state index contributed by atoms with van der Waals surface area (Å²) in [4.78, 5) is 18.9. The van der Waals surface area contributed by atoms with E-state index in [9.17, 15) is 4.79 Å². The van der Waals surface area contributed by atoms with Crippen molar-refractivity contribution in [3.8, 4) is 0 Å². The maximum atomic E-state index is 11.9. The van der Waals surface area contributed by atoms with Gasteiger partial charge in [-0.1, -0.05) is 0 Å². The number of aromatic amines is 1. The molecule has 0 aliphatic heterocycles. The van der Waals surface area contributed by atoms with Gasteiger partial charge in [-0.15, -0.1) is 0 Å². The molecule has 0 spiro atoms. The number of aryl methyl sites for hydroxylation is 1. The summed E-state index contributed by atoms with van der Waals surface area (Å²) < 4.78 is 0. The van der Waals surface area contributed by atoms with E-state index in [1.807, 2.05) is 0 Å². The SMILES string of the molecule is Nc1cc(N)cc(C(=O)CCCc2cnc[nH]2)c1. The number of anilines is 2. The number of carbonyl (C=O) groups is 1. The van der Waals surface area contributed by atoms with E-state index >= 15 is 0 Å². The van der Waals surface area contributed by atoms with Gasteiger partial charge in [0.15, 0.2) is 5.78 Å². The summed E-state index contributed by atoms with van der Waals surface area (Å²) in [6, 6.07) is 4.96. The van der Waals surface area contributed by atoms with Crippen molar-refractivity contribution in [1.29, 1.82) is 0 Å². The summed E-state index contributed by atoms with van der Waals surface area (Å²) in [6.07, 6.45) is 5.46. The lowest BCUT2D eigenvalue weighted by atomic mass is 10.0. The van der Waals surface area contributed by atoms with Gasteiger partial charge in [-0.2, -0.15) is 0 Å². The number of rotatable bonds is 5. The van der Waals surface area contributed by atoms with Crippen molar-refractivity contribution in [2.24, 2.45) is 0 Å². The van der Waals surface area contributed by atoms with Crippen LogP contribution in [0, 0.1) is 0 Å². The smallest absolute Gasteiger partial charge is 0.163 e. The summed E-state index contributed by atoms with van der Waals surface area (Å²) in [5.41, 5.74) is 14.0. The summed E-state index contributed by atoms with van der Waals surface area (Å²) in [6.45, 7) is 0. The molecule has 18 heavy (non-hydrogen) atoms. The molecular formula is C13H16N4O. The third-order valence-corrected chi connectivity index (χ3v) is 2.70. The van der Waals surface area contributed by atoms with Crippen molar-refractivity contribution < 1.29 is 4.79 Å². The van der Waals surface area contributed by atoms with Crippen LogP contribution in [0.3, 0.4) is 0 Å². The van der Waals surface area contributed by atoms with E-state index in [-0.39, 0.29) is 5.78 Å². The van der Waals surface area contributed by atoms with Crippen LogP contribution >= 0.6 is 0 Å². The molecule has 0 aliphatic carbocycles. The van der Waals surface area contributed by atoms with Crippen LogP contribution in [-0.4, -0.2) is 15.8 Å². The van der Waals surface area contributed by atoms with E-state index in [1.165, 1.54) is 0 Å². The van der Waals surface area contributed by atoms with Gasteiger partial charge in [-0.25, -0.2) is 4.98 Å². The van der Waals surface area contributed by atoms with E-state index in [2.05, 4.69) is 9.97 Å². The van der Waals surface area contributed by atoms with Gasteiger partial charge in [-0.3, -0.25) is 4.79 Å². The molecule has 1 heterocycles. The van der Waals surface area contributed by atoms with Gasteiger partial charge in [0, 0.05) is 35.2 Å². The maximum absolute atomic E-state index is 11.9. The largest absolute Gasteiger partial charge is 0.399 e. The first-order valence-corrected chi connectivity index (χ1v) is 5.81. The molecule has 0 saturated carbocycles. The van der Waals surface area contributed by atoms with E-state index in [4.69, 9.17) is 11.5 Å². The van der Waals surface area contributed by atoms with Crippen LogP contribution < -0.4 is 11.5 Å². The van der Waals surface area contributed by atoms with E-state index in [1.54, 1.807) is 30.7 Å². The molecule has 0 unspecified atom stereocenters. The van der Waals surface area contributed by atoms with E-state index < -0.39 is 0 Å². The number of hydrogen-bond acceptors (Lipinski definition) is 4. The molecule has 0 aliphatic rings. The Kier molecular flexibility index (Phi) is 3.62. The van der Waals surface area contributed by atoms with Crippen molar-refractivity contribution in [1.82, 2.24) is 9.97 Å². The number of nitrogens with two attached hydrogens (primary N) is 2. The number of aromatic nitrogens is 2. The standard InChI is InChI=1S/C13H16N4O/c14-10-4-9(5-11(15)6-10)13(18)3-1-2-12-7-16-8-17-12/h4-8H,1-3,14-15H2,(H,16,17). The second-order valence-corrected chi connectivity index (χ2v) is 4.24. The Morgan fingerprint density at radius 1 is 1.22 bits per heavy atom.